The van der Waals surface area contributed by atoms with Crippen molar-refractivity contribution in [3.8, 4) is 0 Å². The fraction of sp³-hybridized carbons (Fsp3) is 0.348. The molecule has 1 aromatic heterocycles. The van der Waals surface area contributed by atoms with Gasteiger partial charge in [0.2, 0.25) is 0 Å². The van der Waals surface area contributed by atoms with Crippen molar-refractivity contribution in [1.82, 2.24) is 9.13 Å². The molecule has 158 valence electrons. The van der Waals surface area contributed by atoms with Gasteiger partial charge in [-0.05, 0) is 44.5 Å². The van der Waals surface area contributed by atoms with Gasteiger partial charge in [-0.1, -0.05) is 36.8 Å². The maximum absolute atomic E-state index is 12.8. The van der Waals surface area contributed by atoms with Crippen molar-refractivity contribution < 1.29 is 14.3 Å². The predicted octanol–water partition coefficient (Wildman–Crippen LogP) is 3.48. The highest BCUT2D eigenvalue weighted by molar-refractivity contribution is 5.95. The Morgan fingerprint density at radius 3 is 2.20 bits per heavy atom. The molecule has 30 heavy (non-hydrogen) atoms. The molecular formula is C23H27N3O4. The standard InChI is InChI=1S/C23H27N3O4/c1-4-14-25-19-7-5-6-8-20(19)26(23(25)29)15-13-21(27)30-17(3)22(28)24-18-11-9-16(2)10-12-18/h5-12,17H,4,13-15H2,1-3H3,(H,24,28)/t17-/m0/s1. The number of amides is 1. The lowest BCUT2D eigenvalue weighted by Gasteiger charge is -2.14. The molecule has 0 aliphatic carbocycles. The Hall–Kier alpha value is -3.35. The first-order valence-corrected chi connectivity index (χ1v) is 10.2. The van der Waals surface area contributed by atoms with Crippen LogP contribution in [0.2, 0.25) is 0 Å². The predicted molar refractivity (Wildman–Crippen MR) is 116 cm³/mol. The molecule has 7 heteroatoms. The molecule has 0 saturated heterocycles. The molecule has 1 atom stereocenters. The Bertz CT molecular complexity index is 1100. The van der Waals surface area contributed by atoms with Gasteiger partial charge in [0.25, 0.3) is 5.91 Å². The Morgan fingerprint density at radius 1 is 1.00 bits per heavy atom. The van der Waals surface area contributed by atoms with Gasteiger partial charge in [0, 0.05) is 18.8 Å². The normalized spacial score (nSPS) is 12.0. The zero-order valence-electron chi connectivity index (χ0n) is 17.6. The van der Waals surface area contributed by atoms with Crippen LogP contribution in [0.15, 0.2) is 53.3 Å². The van der Waals surface area contributed by atoms with Gasteiger partial charge in [-0.25, -0.2) is 4.79 Å². The molecule has 0 saturated carbocycles. The van der Waals surface area contributed by atoms with E-state index in [4.69, 9.17) is 4.74 Å². The SMILES string of the molecule is CCCn1c(=O)n(CCC(=O)O[C@@H](C)C(=O)Nc2ccc(C)cc2)c2ccccc21. The van der Waals surface area contributed by atoms with Crippen LogP contribution in [0.25, 0.3) is 11.0 Å². The number of imidazole rings is 1. The second-order valence-corrected chi connectivity index (χ2v) is 7.31. The molecule has 1 heterocycles. The Labute approximate surface area is 175 Å². The van der Waals surface area contributed by atoms with Crippen LogP contribution >= 0.6 is 0 Å². The van der Waals surface area contributed by atoms with E-state index in [1.807, 2.05) is 50.2 Å². The maximum atomic E-state index is 12.8. The van der Waals surface area contributed by atoms with Crippen molar-refractivity contribution in [3.63, 3.8) is 0 Å². The number of nitrogens with zero attached hydrogens (tertiary/aromatic N) is 2. The van der Waals surface area contributed by atoms with Gasteiger partial charge in [-0.3, -0.25) is 18.7 Å². The lowest BCUT2D eigenvalue weighted by Crippen LogP contribution is -2.31. The van der Waals surface area contributed by atoms with Gasteiger partial charge < -0.3 is 10.1 Å². The molecule has 7 nitrogen and oxygen atoms in total. The zero-order chi connectivity index (χ0) is 21.7. The number of anilines is 1. The van der Waals surface area contributed by atoms with Crippen LogP contribution in [0.3, 0.4) is 0 Å². The summed E-state index contributed by atoms with van der Waals surface area (Å²) in [5.74, 6) is -0.926. The number of para-hydroxylation sites is 2. The lowest BCUT2D eigenvalue weighted by atomic mass is 10.2. The molecular weight excluding hydrogens is 382 g/mol. The number of hydrogen-bond acceptors (Lipinski definition) is 4. The Balaban J connectivity index is 1.62. The first-order valence-electron chi connectivity index (χ1n) is 10.2. The topological polar surface area (TPSA) is 82.3 Å². The third-order valence-corrected chi connectivity index (χ3v) is 4.91. The van der Waals surface area contributed by atoms with E-state index in [0.717, 1.165) is 23.0 Å². The van der Waals surface area contributed by atoms with Crippen LogP contribution < -0.4 is 11.0 Å². The molecule has 2 aromatic carbocycles. The molecule has 0 aliphatic heterocycles. The summed E-state index contributed by atoms with van der Waals surface area (Å²) in [5, 5.41) is 2.72. The maximum Gasteiger partial charge on any atom is 0.329 e. The number of nitrogens with one attached hydrogen (secondary N) is 1. The van der Waals surface area contributed by atoms with Crippen LogP contribution in [0, 0.1) is 6.92 Å². The van der Waals surface area contributed by atoms with E-state index in [1.54, 1.807) is 21.3 Å². The highest BCUT2D eigenvalue weighted by atomic mass is 16.5. The minimum Gasteiger partial charge on any atom is -0.452 e. The lowest BCUT2D eigenvalue weighted by molar-refractivity contribution is -0.153. The largest absolute Gasteiger partial charge is 0.452 e. The van der Waals surface area contributed by atoms with Crippen molar-refractivity contribution in [3.05, 3.63) is 64.6 Å². The number of benzene rings is 2. The fourth-order valence-electron chi connectivity index (χ4n) is 3.32. The second kappa shape index (κ2) is 9.43. The van der Waals surface area contributed by atoms with Crippen LogP contribution in [0.5, 0.6) is 0 Å². The average molecular weight is 409 g/mol. The number of carbonyl (C=O) groups excluding carboxylic acids is 2. The third-order valence-electron chi connectivity index (χ3n) is 4.91. The number of ether oxygens (including phenoxy) is 1. The van der Waals surface area contributed by atoms with Gasteiger partial charge >= 0.3 is 11.7 Å². The van der Waals surface area contributed by atoms with Gasteiger partial charge in [0.05, 0.1) is 17.5 Å². The van der Waals surface area contributed by atoms with E-state index < -0.39 is 18.0 Å². The minimum absolute atomic E-state index is 0.00217. The molecule has 1 N–H and O–H groups in total. The summed E-state index contributed by atoms with van der Waals surface area (Å²) in [4.78, 5) is 37.3. The summed E-state index contributed by atoms with van der Waals surface area (Å²) in [6.45, 7) is 6.31. The van der Waals surface area contributed by atoms with Crippen molar-refractivity contribution in [2.24, 2.45) is 0 Å². The first-order chi connectivity index (χ1) is 14.4. The Morgan fingerprint density at radius 2 is 1.60 bits per heavy atom. The van der Waals surface area contributed by atoms with Crippen LogP contribution in [-0.4, -0.2) is 27.1 Å². The third kappa shape index (κ3) is 4.79. The highest BCUT2D eigenvalue weighted by Gasteiger charge is 2.19. The summed E-state index contributed by atoms with van der Waals surface area (Å²) >= 11 is 0. The minimum atomic E-state index is -0.933. The van der Waals surface area contributed by atoms with Crippen LogP contribution in [-0.2, 0) is 27.4 Å². The number of rotatable bonds is 8. The molecule has 0 radical (unpaired) electrons. The van der Waals surface area contributed by atoms with E-state index in [9.17, 15) is 14.4 Å². The number of aromatic nitrogens is 2. The van der Waals surface area contributed by atoms with Crippen molar-refractivity contribution in [2.75, 3.05) is 5.32 Å². The number of hydrogen-bond donors (Lipinski definition) is 1. The van der Waals surface area contributed by atoms with Crippen LogP contribution in [0.4, 0.5) is 5.69 Å². The summed E-state index contributed by atoms with van der Waals surface area (Å²) in [6, 6.07) is 14.9. The van der Waals surface area contributed by atoms with E-state index in [0.29, 0.717) is 12.2 Å². The quantitative estimate of drug-likeness (QED) is 0.578. The molecule has 3 aromatic rings. The summed E-state index contributed by atoms with van der Waals surface area (Å²) in [5.41, 5.74) is 3.22. The second-order valence-electron chi connectivity index (χ2n) is 7.31. The Kier molecular flexibility index (Phi) is 6.72. The molecule has 0 bridgehead atoms. The monoisotopic (exact) mass is 409 g/mol. The smallest absolute Gasteiger partial charge is 0.329 e. The summed E-state index contributed by atoms with van der Waals surface area (Å²) in [6.07, 6.45) is -0.0943. The summed E-state index contributed by atoms with van der Waals surface area (Å²) in [7, 11) is 0. The van der Waals surface area contributed by atoms with E-state index >= 15 is 0 Å². The molecule has 1 amide bonds. The van der Waals surface area contributed by atoms with Gasteiger partial charge in [-0.2, -0.15) is 0 Å². The number of carbonyl (C=O) groups is 2. The van der Waals surface area contributed by atoms with E-state index in [1.165, 1.54) is 6.92 Å². The van der Waals surface area contributed by atoms with Gasteiger partial charge in [-0.15, -0.1) is 0 Å². The average Bonchev–Trinajstić information content (AvgIpc) is 2.99. The number of esters is 1. The fourth-order valence-corrected chi connectivity index (χ4v) is 3.32. The number of aryl methyl sites for hydroxylation is 3. The zero-order valence-corrected chi connectivity index (χ0v) is 17.6. The molecule has 3 rings (SSSR count). The van der Waals surface area contributed by atoms with E-state index in [2.05, 4.69) is 5.32 Å². The number of fused-ring (bicyclic) bond motifs is 1. The van der Waals surface area contributed by atoms with E-state index in [-0.39, 0.29) is 18.7 Å². The van der Waals surface area contributed by atoms with Gasteiger partial charge in [0.1, 0.15) is 0 Å². The molecule has 0 fully saturated rings. The van der Waals surface area contributed by atoms with Crippen LogP contribution in [0.1, 0.15) is 32.3 Å². The van der Waals surface area contributed by atoms with Crippen molar-refractivity contribution >= 4 is 28.6 Å². The first kappa shape index (κ1) is 21.4. The van der Waals surface area contributed by atoms with Crippen molar-refractivity contribution in [2.45, 2.75) is 52.8 Å². The molecule has 0 spiro atoms. The summed E-state index contributed by atoms with van der Waals surface area (Å²) < 4.78 is 8.57. The molecule has 0 aliphatic rings. The van der Waals surface area contributed by atoms with Crippen molar-refractivity contribution in [1.29, 1.82) is 0 Å². The van der Waals surface area contributed by atoms with Gasteiger partial charge in [0.15, 0.2) is 6.10 Å². The molecule has 0 unspecified atom stereocenters. The highest BCUT2D eigenvalue weighted by Crippen LogP contribution is 2.14.